The number of hydrogen-bond acceptors (Lipinski definition) is 4. The van der Waals surface area contributed by atoms with Gasteiger partial charge in [0.05, 0.1) is 17.4 Å². The summed E-state index contributed by atoms with van der Waals surface area (Å²) in [6.07, 6.45) is 3.03. The SMILES string of the molecule is NC(=O)c1ccccc1Oc1ccncc1N. The summed E-state index contributed by atoms with van der Waals surface area (Å²) in [5.74, 6) is 0.264. The van der Waals surface area contributed by atoms with E-state index in [0.29, 0.717) is 22.7 Å². The molecule has 1 heterocycles. The molecule has 4 N–H and O–H groups in total. The normalized spacial score (nSPS) is 9.88. The lowest BCUT2D eigenvalue weighted by Gasteiger charge is -2.10. The Hall–Kier alpha value is -2.56. The number of primary amides is 1. The Morgan fingerprint density at radius 1 is 1.18 bits per heavy atom. The molecule has 2 rings (SSSR count). The van der Waals surface area contributed by atoms with Crippen molar-refractivity contribution >= 4 is 11.6 Å². The first-order chi connectivity index (χ1) is 8.18. The molecule has 1 amide bonds. The number of para-hydroxylation sites is 1. The van der Waals surface area contributed by atoms with Gasteiger partial charge in [-0.2, -0.15) is 0 Å². The van der Waals surface area contributed by atoms with Crippen molar-refractivity contribution in [2.24, 2.45) is 5.73 Å². The summed E-state index contributed by atoms with van der Waals surface area (Å²) in [4.78, 5) is 15.0. The number of hydrogen-bond donors (Lipinski definition) is 2. The molecule has 0 saturated carbocycles. The second-order valence-electron chi connectivity index (χ2n) is 3.38. The lowest BCUT2D eigenvalue weighted by Crippen LogP contribution is -2.12. The van der Waals surface area contributed by atoms with Crippen molar-refractivity contribution in [3.63, 3.8) is 0 Å². The highest BCUT2D eigenvalue weighted by Gasteiger charge is 2.10. The average molecular weight is 229 g/mol. The second-order valence-corrected chi connectivity index (χ2v) is 3.38. The zero-order valence-corrected chi connectivity index (χ0v) is 8.96. The van der Waals surface area contributed by atoms with Gasteiger partial charge >= 0.3 is 0 Å². The van der Waals surface area contributed by atoms with Crippen LogP contribution in [0.3, 0.4) is 0 Å². The molecule has 0 fully saturated rings. The van der Waals surface area contributed by atoms with Gasteiger partial charge in [0.25, 0.3) is 5.91 Å². The second kappa shape index (κ2) is 4.52. The number of benzene rings is 1. The predicted octanol–water partition coefficient (Wildman–Crippen LogP) is 1.55. The van der Waals surface area contributed by atoms with E-state index in [1.54, 1.807) is 36.5 Å². The Bertz CT molecular complexity index is 555. The Morgan fingerprint density at radius 2 is 1.94 bits per heavy atom. The number of nitrogen functional groups attached to an aromatic ring is 1. The summed E-state index contributed by atoms with van der Waals surface area (Å²) in [6.45, 7) is 0. The first-order valence-electron chi connectivity index (χ1n) is 4.94. The van der Waals surface area contributed by atoms with Crippen LogP contribution in [0.15, 0.2) is 42.7 Å². The van der Waals surface area contributed by atoms with Crippen LogP contribution < -0.4 is 16.2 Å². The van der Waals surface area contributed by atoms with Gasteiger partial charge in [-0.15, -0.1) is 0 Å². The van der Waals surface area contributed by atoms with E-state index < -0.39 is 5.91 Å². The highest BCUT2D eigenvalue weighted by atomic mass is 16.5. The smallest absolute Gasteiger partial charge is 0.252 e. The first-order valence-corrected chi connectivity index (χ1v) is 4.94. The molecule has 0 aliphatic carbocycles. The quantitative estimate of drug-likeness (QED) is 0.835. The number of pyridine rings is 1. The standard InChI is InChI=1S/C12H11N3O2/c13-9-7-15-6-5-11(9)17-10-4-2-1-3-8(10)12(14)16/h1-7H,13H2,(H2,14,16). The maximum atomic E-state index is 11.2. The van der Waals surface area contributed by atoms with Gasteiger partial charge < -0.3 is 16.2 Å². The largest absolute Gasteiger partial charge is 0.454 e. The van der Waals surface area contributed by atoms with Gasteiger partial charge in [0.1, 0.15) is 5.75 Å². The summed E-state index contributed by atoms with van der Waals surface area (Å²) in [5, 5.41) is 0. The van der Waals surface area contributed by atoms with Gasteiger partial charge in [-0.1, -0.05) is 12.1 Å². The molecule has 0 saturated heterocycles. The summed E-state index contributed by atoms with van der Waals surface area (Å²) < 4.78 is 5.54. The van der Waals surface area contributed by atoms with Crippen LogP contribution >= 0.6 is 0 Å². The molecule has 0 aliphatic heterocycles. The number of ether oxygens (including phenoxy) is 1. The number of aromatic nitrogens is 1. The van der Waals surface area contributed by atoms with Crippen molar-refractivity contribution in [1.82, 2.24) is 4.98 Å². The Labute approximate surface area is 98.0 Å². The maximum absolute atomic E-state index is 11.2. The van der Waals surface area contributed by atoms with Gasteiger partial charge in [-0.05, 0) is 12.1 Å². The van der Waals surface area contributed by atoms with Crippen molar-refractivity contribution in [2.45, 2.75) is 0 Å². The average Bonchev–Trinajstić information content (AvgIpc) is 2.32. The molecular formula is C12H11N3O2. The van der Waals surface area contributed by atoms with Crippen LogP contribution in [0.1, 0.15) is 10.4 Å². The Balaban J connectivity index is 2.37. The Kier molecular flexibility index (Phi) is 2.91. The molecule has 1 aromatic heterocycles. The number of carbonyl (C=O) groups excluding carboxylic acids is 1. The number of anilines is 1. The fourth-order valence-electron chi connectivity index (χ4n) is 1.36. The number of amides is 1. The van der Waals surface area contributed by atoms with Crippen LogP contribution in [0, 0.1) is 0 Å². The molecule has 86 valence electrons. The summed E-state index contributed by atoms with van der Waals surface area (Å²) >= 11 is 0. The zero-order valence-electron chi connectivity index (χ0n) is 8.96. The summed E-state index contributed by atoms with van der Waals surface area (Å²) in [7, 11) is 0. The van der Waals surface area contributed by atoms with Gasteiger partial charge in [0, 0.05) is 12.3 Å². The molecular weight excluding hydrogens is 218 g/mol. The van der Waals surface area contributed by atoms with Gasteiger partial charge in [0.15, 0.2) is 5.75 Å². The van der Waals surface area contributed by atoms with Crippen molar-refractivity contribution in [1.29, 1.82) is 0 Å². The topological polar surface area (TPSA) is 91.2 Å². The van der Waals surface area contributed by atoms with E-state index in [9.17, 15) is 4.79 Å². The van der Waals surface area contributed by atoms with Crippen molar-refractivity contribution in [3.8, 4) is 11.5 Å². The molecule has 5 heteroatoms. The molecule has 0 unspecified atom stereocenters. The fourth-order valence-corrected chi connectivity index (χ4v) is 1.36. The van der Waals surface area contributed by atoms with Crippen LogP contribution in [-0.4, -0.2) is 10.9 Å². The minimum absolute atomic E-state index is 0.309. The van der Waals surface area contributed by atoms with Gasteiger partial charge in [-0.25, -0.2) is 0 Å². The molecule has 0 radical (unpaired) electrons. The van der Waals surface area contributed by atoms with Crippen LogP contribution in [0.5, 0.6) is 11.5 Å². The fraction of sp³-hybridized carbons (Fsp3) is 0. The lowest BCUT2D eigenvalue weighted by atomic mass is 10.2. The highest BCUT2D eigenvalue weighted by Crippen LogP contribution is 2.28. The minimum atomic E-state index is -0.548. The molecule has 0 bridgehead atoms. The van der Waals surface area contributed by atoms with Crippen molar-refractivity contribution < 1.29 is 9.53 Å². The van der Waals surface area contributed by atoms with Crippen LogP contribution in [0.25, 0.3) is 0 Å². The molecule has 5 nitrogen and oxygen atoms in total. The number of carbonyl (C=O) groups is 1. The maximum Gasteiger partial charge on any atom is 0.252 e. The third-order valence-corrected chi connectivity index (χ3v) is 2.18. The molecule has 0 aliphatic rings. The number of rotatable bonds is 3. The molecule has 0 atom stereocenters. The van der Waals surface area contributed by atoms with Crippen LogP contribution in [-0.2, 0) is 0 Å². The van der Waals surface area contributed by atoms with Gasteiger partial charge in [-0.3, -0.25) is 9.78 Å². The monoisotopic (exact) mass is 229 g/mol. The summed E-state index contributed by atoms with van der Waals surface area (Å²) in [6, 6.07) is 8.32. The Morgan fingerprint density at radius 3 is 2.65 bits per heavy atom. The van der Waals surface area contributed by atoms with Crippen LogP contribution in [0.2, 0.25) is 0 Å². The van der Waals surface area contributed by atoms with E-state index in [-0.39, 0.29) is 0 Å². The summed E-state index contributed by atoms with van der Waals surface area (Å²) in [5.41, 5.74) is 11.6. The minimum Gasteiger partial charge on any atom is -0.454 e. The predicted molar refractivity (Wildman–Crippen MR) is 63.7 cm³/mol. The van der Waals surface area contributed by atoms with Crippen molar-refractivity contribution in [2.75, 3.05) is 5.73 Å². The third-order valence-electron chi connectivity index (χ3n) is 2.18. The highest BCUT2D eigenvalue weighted by molar-refractivity contribution is 5.95. The van der Waals surface area contributed by atoms with Crippen LogP contribution in [0.4, 0.5) is 5.69 Å². The van der Waals surface area contributed by atoms with Crippen molar-refractivity contribution in [3.05, 3.63) is 48.3 Å². The molecule has 1 aromatic carbocycles. The third kappa shape index (κ3) is 2.34. The lowest BCUT2D eigenvalue weighted by molar-refractivity contribution is 0.0998. The van der Waals surface area contributed by atoms with E-state index in [1.807, 2.05) is 0 Å². The number of nitrogens with two attached hydrogens (primary N) is 2. The van der Waals surface area contributed by atoms with E-state index >= 15 is 0 Å². The van der Waals surface area contributed by atoms with E-state index in [1.165, 1.54) is 6.20 Å². The van der Waals surface area contributed by atoms with E-state index in [4.69, 9.17) is 16.2 Å². The number of nitrogens with zero attached hydrogens (tertiary/aromatic N) is 1. The molecule has 2 aromatic rings. The molecule has 17 heavy (non-hydrogen) atoms. The zero-order chi connectivity index (χ0) is 12.3. The van der Waals surface area contributed by atoms with E-state index in [2.05, 4.69) is 4.98 Å². The molecule has 0 spiro atoms. The van der Waals surface area contributed by atoms with E-state index in [0.717, 1.165) is 0 Å². The van der Waals surface area contributed by atoms with Gasteiger partial charge in [0.2, 0.25) is 0 Å². The first kappa shape index (κ1) is 10.9.